The van der Waals surface area contributed by atoms with Crippen LogP contribution in [0, 0.1) is 0 Å². The van der Waals surface area contributed by atoms with Crippen molar-refractivity contribution in [1.29, 1.82) is 0 Å². The number of hydrogen-bond donors (Lipinski definition) is 0. The van der Waals surface area contributed by atoms with E-state index in [-0.39, 0.29) is 5.56 Å². The average Bonchev–Trinajstić information content (AvgIpc) is 2.78. The molecule has 30 heavy (non-hydrogen) atoms. The maximum atomic E-state index is 13.3. The molecule has 4 aromatic rings. The van der Waals surface area contributed by atoms with E-state index in [0.29, 0.717) is 34.1 Å². The molecule has 1 heterocycles. The Hall–Kier alpha value is -3.66. The van der Waals surface area contributed by atoms with Gasteiger partial charge in [0.1, 0.15) is 11.6 Å². The van der Waals surface area contributed by atoms with Crippen LogP contribution in [0.2, 0.25) is 0 Å². The Morgan fingerprint density at radius 3 is 2.43 bits per heavy atom. The fourth-order valence-electron chi connectivity index (χ4n) is 3.42. The van der Waals surface area contributed by atoms with Gasteiger partial charge < -0.3 is 4.74 Å². The van der Waals surface area contributed by atoms with Crippen molar-refractivity contribution in [3.05, 3.63) is 100 Å². The summed E-state index contributed by atoms with van der Waals surface area (Å²) >= 11 is 0. The number of benzene rings is 3. The van der Waals surface area contributed by atoms with E-state index in [1.54, 1.807) is 17.7 Å². The molecule has 0 N–H and O–H groups in total. The van der Waals surface area contributed by atoms with Crippen LogP contribution in [0.5, 0.6) is 5.75 Å². The quantitative estimate of drug-likeness (QED) is 0.435. The molecule has 0 aliphatic heterocycles. The lowest BCUT2D eigenvalue weighted by Crippen LogP contribution is -2.22. The van der Waals surface area contributed by atoms with Crippen LogP contribution in [0.3, 0.4) is 0 Å². The second-order valence-electron chi connectivity index (χ2n) is 7.48. The van der Waals surface area contributed by atoms with Gasteiger partial charge in [0.2, 0.25) is 0 Å². The highest BCUT2D eigenvalue weighted by atomic mass is 16.5. The molecule has 0 saturated carbocycles. The molecule has 150 valence electrons. The van der Waals surface area contributed by atoms with E-state index in [0.717, 1.165) is 5.56 Å². The van der Waals surface area contributed by atoms with Crippen molar-refractivity contribution in [3.8, 4) is 11.4 Å². The summed E-state index contributed by atoms with van der Waals surface area (Å²) in [5.41, 5.74) is 3.63. The molecule has 0 bridgehead atoms. The average molecular weight is 396 g/mol. The van der Waals surface area contributed by atoms with Crippen molar-refractivity contribution in [2.75, 3.05) is 7.11 Å². The lowest BCUT2D eigenvalue weighted by atomic mass is 10.0. The predicted octanol–water partition coefficient (Wildman–Crippen LogP) is 5.69. The first-order valence-electron chi connectivity index (χ1n) is 10.0. The fourth-order valence-corrected chi connectivity index (χ4v) is 3.42. The highest BCUT2D eigenvalue weighted by Crippen LogP contribution is 2.20. The molecule has 4 rings (SSSR count). The van der Waals surface area contributed by atoms with Gasteiger partial charge in [0.25, 0.3) is 5.56 Å². The van der Waals surface area contributed by atoms with Crippen molar-refractivity contribution >= 4 is 23.1 Å². The summed E-state index contributed by atoms with van der Waals surface area (Å²) in [6.45, 7) is 4.35. The van der Waals surface area contributed by atoms with Crippen molar-refractivity contribution in [3.63, 3.8) is 0 Å². The number of fused-ring (bicyclic) bond motifs is 1. The largest absolute Gasteiger partial charge is 0.497 e. The Morgan fingerprint density at radius 2 is 1.70 bits per heavy atom. The summed E-state index contributed by atoms with van der Waals surface area (Å²) in [4.78, 5) is 18.1. The lowest BCUT2D eigenvalue weighted by molar-refractivity contribution is 0.414. The topological polar surface area (TPSA) is 44.1 Å². The molecule has 0 aliphatic carbocycles. The van der Waals surface area contributed by atoms with Gasteiger partial charge in [-0.3, -0.25) is 9.36 Å². The number of nitrogens with zero attached hydrogens (tertiary/aromatic N) is 2. The van der Waals surface area contributed by atoms with Crippen LogP contribution in [0.4, 0.5) is 0 Å². The monoisotopic (exact) mass is 396 g/mol. The summed E-state index contributed by atoms with van der Waals surface area (Å²) in [6, 6.07) is 23.3. The Morgan fingerprint density at radius 1 is 0.933 bits per heavy atom. The van der Waals surface area contributed by atoms with Crippen molar-refractivity contribution in [2.24, 2.45) is 0 Å². The van der Waals surface area contributed by atoms with Crippen molar-refractivity contribution in [2.45, 2.75) is 19.8 Å². The number of hydrogen-bond acceptors (Lipinski definition) is 3. The second-order valence-corrected chi connectivity index (χ2v) is 7.48. The van der Waals surface area contributed by atoms with Gasteiger partial charge in [0, 0.05) is 6.07 Å². The van der Waals surface area contributed by atoms with E-state index in [4.69, 9.17) is 9.72 Å². The molecule has 0 fully saturated rings. The van der Waals surface area contributed by atoms with E-state index in [1.165, 1.54) is 5.56 Å². The highest BCUT2D eigenvalue weighted by molar-refractivity contribution is 5.80. The molecular formula is C26H24N2O2. The van der Waals surface area contributed by atoms with Crippen molar-refractivity contribution < 1.29 is 4.74 Å². The first-order valence-corrected chi connectivity index (χ1v) is 10.0. The number of ether oxygens (including phenoxy) is 1. The smallest absolute Gasteiger partial charge is 0.266 e. The molecule has 0 amide bonds. The zero-order chi connectivity index (χ0) is 21.1. The SMILES string of the molecule is COc1cccc(-n2c(C=Cc3ccc(C(C)C)cc3)nc3ccccc3c2=O)c1. The van der Waals surface area contributed by atoms with Gasteiger partial charge in [0.15, 0.2) is 0 Å². The third kappa shape index (κ3) is 3.90. The third-order valence-corrected chi connectivity index (χ3v) is 5.14. The molecule has 1 aromatic heterocycles. The van der Waals surface area contributed by atoms with E-state index >= 15 is 0 Å². The third-order valence-electron chi connectivity index (χ3n) is 5.14. The molecule has 4 heteroatoms. The summed E-state index contributed by atoms with van der Waals surface area (Å²) in [5, 5.41) is 0.582. The molecule has 0 aliphatic rings. The summed E-state index contributed by atoms with van der Waals surface area (Å²) in [7, 11) is 1.61. The Balaban J connectivity index is 1.86. The minimum atomic E-state index is -0.108. The van der Waals surface area contributed by atoms with Gasteiger partial charge in [-0.1, -0.05) is 62.4 Å². The maximum absolute atomic E-state index is 13.3. The molecule has 0 saturated heterocycles. The fraction of sp³-hybridized carbons (Fsp3) is 0.154. The zero-order valence-corrected chi connectivity index (χ0v) is 17.4. The first-order chi connectivity index (χ1) is 14.6. The highest BCUT2D eigenvalue weighted by Gasteiger charge is 2.11. The number of para-hydroxylation sites is 1. The van der Waals surface area contributed by atoms with Gasteiger partial charge in [-0.05, 0) is 47.4 Å². The minimum absolute atomic E-state index is 0.108. The molecular weight excluding hydrogens is 372 g/mol. The number of aromatic nitrogens is 2. The predicted molar refractivity (Wildman–Crippen MR) is 123 cm³/mol. The Kier molecular flexibility index (Phi) is 5.48. The van der Waals surface area contributed by atoms with E-state index in [9.17, 15) is 4.79 Å². The van der Waals surface area contributed by atoms with Gasteiger partial charge in [-0.2, -0.15) is 0 Å². The van der Waals surface area contributed by atoms with Crippen LogP contribution >= 0.6 is 0 Å². The molecule has 4 nitrogen and oxygen atoms in total. The van der Waals surface area contributed by atoms with Gasteiger partial charge in [-0.25, -0.2) is 4.98 Å². The van der Waals surface area contributed by atoms with Gasteiger partial charge >= 0.3 is 0 Å². The second kappa shape index (κ2) is 8.37. The number of rotatable bonds is 5. The molecule has 0 unspecified atom stereocenters. The van der Waals surface area contributed by atoms with Crippen LogP contribution in [0.25, 0.3) is 28.7 Å². The van der Waals surface area contributed by atoms with Crippen LogP contribution in [0.15, 0.2) is 77.6 Å². The lowest BCUT2D eigenvalue weighted by Gasteiger charge is -2.12. The maximum Gasteiger partial charge on any atom is 0.266 e. The molecule has 3 aromatic carbocycles. The summed E-state index contributed by atoms with van der Waals surface area (Å²) in [6.07, 6.45) is 3.87. The zero-order valence-electron chi connectivity index (χ0n) is 17.4. The Bertz CT molecular complexity index is 1270. The van der Waals surface area contributed by atoms with Gasteiger partial charge in [0.05, 0.1) is 23.7 Å². The standard InChI is InChI=1S/C26H24N2O2/c1-18(2)20-14-11-19(12-15-20)13-16-25-27-24-10-5-4-9-23(24)26(29)28(25)21-7-6-8-22(17-21)30-3/h4-18H,1-3H3. The molecule has 0 radical (unpaired) electrons. The molecule has 0 atom stereocenters. The van der Waals surface area contributed by atoms with Crippen LogP contribution in [-0.2, 0) is 0 Å². The Labute approximate surface area is 176 Å². The number of methoxy groups -OCH3 is 1. The normalized spacial score (nSPS) is 11.5. The van der Waals surface area contributed by atoms with E-state index < -0.39 is 0 Å². The summed E-state index contributed by atoms with van der Waals surface area (Å²) in [5.74, 6) is 1.75. The van der Waals surface area contributed by atoms with E-state index in [1.807, 2.05) is 54.6 Å². The molecule has 0 spiro atoms. The van der Waals surface area contributed by atoms with E-state index in [2.05, 4.69) is 38.1 Å². The van der Waals surface area contributed by atoms with Crippen LogP contribution < -0.4 is 10.3 Å². The van der Waals surface area contributed by atoms with Gasteiger partial charge in [-0.15, -0.1) is 0 Å². The van der Waals surface area contributed by atoms with Crippen molar-refractivity contribution in [1.82, 2.24) is 9.55 Å². The first kappa shape index (κ1) is 19.6. The summed E-state index contributed by atoms with van der Waals surface area (Å²) < 4.78 is 6.98. The van der Waals surface area contributed by atoms with Crippen LogP contribution in [0.1, 0.15) is 36.7 Å². The minimum Gasteiger partial charge on any atom is -0.497 e. The van der Waals surface area contributed by atoms with Crippen LogP contribution in [-0.4, -0.2) is 16.7 Å².